The Bertz CT molecular complexity index is 141. The van der Waals surface area contributed by atoms with Crippen molar-refractivity contribution in [2.45, 2.75) is 45.7 Å². The Hall–Kier alpha value is -0.0400. The van der Waals surface area contributed by atoms with E-state index in [2.05, 4.69) is 25.7 Å². The highest BCUT2D eigenvalue weighted by atomic mass is 15.2. The highest BCUT2D eigenvalue weighted by molar-refractivity contribution is 5.01. The molecule has 2 rings (SSSR count). The van der Waals surface area contributed by atoms with E-state index in [9.17, 15) is 0 Å². The summed E-state index contributed by atoms with van der Waals surface area (Å²) in [5.74, 6) is 0. The minimum absolute atomic E-state index is 0.679. The summed E-state index contributed by atoms with van der Waals surface area (Å²) in [5.41, 5.74) is 0.679. The summed E-state index contributed by atoms with van der Waals surface area (Å²) < 4.78 is 0. The molecule has 0 aromatic carbocycles. The number of hydrogen-bond donors (Lipinski definition) is 0. The average Bonchev–Trinajstić information content (AvgIpc) is 2.17. The number of rotatable bonds is 0. The Kier molecular flexibility index (Phi) is 1.17. The highest BCUT2D eigenvalue weighted by Crippen LogP contribution is 2.46. The Morgan fingerprint density at radius 1 is 1.20 bits per heavy atom. The van der Waals surface area contributed by atoms with E-state index in [4.69, 9.17) is 0 Å². The summed E-state index contributed by atoms with van der Waals surface area (Å²) in [5, 5.41) is 0. The van der Waals surface area contributed by atoms with Crippen LogP contribution >= 0.6 is 0 Å². The van der Waals surface area contributed by atoms with Crippen molar-refractivity contribution in [2.75, 3.05) is 6.54 Å². The third-order valence-corrected chi connectivity index (χ3v) is 3.27. The molecule has 1 nitrogen and oxygen atoms in total. The van der Waals surface area contributed by atoms with E-state index in [0.717, 1.165) is 12.1 Å². The number of fused-ring (bicyclic) bond motifs is 2. The minimum atomic E-state index is 0.679. The average molecular weight is 139 g/mol. The van der Waals surface area contributed by atoms with Crippen molar-refractivity contribution in [1.29, 1.82) is 0 Å². The zero-order valence-electron chi connectivity index (χ0n) is 7.22. The van der Waals surface area contributed by atoms with Crippen LogP contribution in [0.25, 0.3) is 0 Å². The van der Waals surface area contributed by atoms with Gasteiger partial charge in [0.25, 0.3) is 0 Å². The van der Waals surface area contributed by atoms with Gasteiger partial charge in [0.1, 0.15) is 0 Å². The van der Waals surface area contributed by atoms with Crippen LogP contribution in [-0.4, -0.2) is 23.5 Å². The highest BCUT2D eigenvalue weighted by Gasteiger charge is 2.47. The molecule has 58 valence electrons. The van der Waals surface area contributed by atoms with Gasteiger partial charge in [0, 0.05) is 18.6 Å². The largest absolute Gasteiger partial charge is 0.297 e. The molecule has 10 heavy (non-hydrogen) atoms. The van der Waals surface area contributed by atoms with Crippen LogP contribution in [0.5, 0.6) is 0 Å². The second kappa shape index (κ2) is 1.76. The molecule has 0 aromatic rings. The standard InChI is InChI=1S/C9H17N/c1-7-4-9(3)5-8(2)10(7)6-9/h7-8H,4-6H2,1-3H3/t7-,8+,9?. The molecule has 4 atom stereocenters. The van der Waals surface area contributed by atoms with Crippen LogP contribution in [0.4, 0.5) is 0 Å². The predicted molar refractivity (Wildman–Crippen MR) is 43.0 cm³/mol. The molecule has 1 heteroatoms. The first-order valence-electron chi connectivity index (χ1n) is 4.36. The fraction of sp³-hybridized carbons (Fsp3) is 1.00. The fourth-order valence-electron chi connectivity index (χ4n) is 3.06. The van der Waals surface area contributed by atoms with Crippen molar-refractivity contribution in [1.82, 2.24) is 4.90 Å². The van der Waals surface area contributed by atoms with Crippen LogP contribution < -0.4 is 0 Å². The Labute approximate surface area is 63.4 Å². The molecule has 2 heterocycles. The maximum Gasteiger partial charge on any atom is 0.00756 e. The van der Waals surface area contributed by atoms with Gasteiger partial charge in [0.15, 0.2) is 0 Å². The van der Waals surface area contributed by atoms with Crippen molar-refractivity contribution in [3.05, 3.63) is 0 Å². The van der Waals surface area contributed by atoms with Gasteiger partial charge in [-0.25, -0.2) is 0 Å². The zero-order valence-corrected chi connectivity index (χ0v) is 7.22. The third kappa shape index (κ3) is 0.731. The first-order valence-corrected chi connectivity index (χ1v) is 4.36. The predicted octanol–water partition coefficient (Wildman–Crippen LogP) is 1.88. The van der Waals surface area contributed by atoms with E-state index in [1.165, 1.54) is 19.4 Å². The fourth-order valence-corrected chi connectivity index (χ4v) is 3.06. The summed E-state index contributed by atoms with van der Waals surface area (Å²) in [6, 6.07) is 1.71. The third-order valence-electron chi connectivity index (χ3n) is 3.27. The van der Waals surface area contributed by atoms with Crippen molar-refractivity contribution in [2.24, 2.45) is 5.41 Å². The molecule has 0 amide bonds. The monoisotopic (exact) mass is 139 g/mol. The van der Waals surface area contributed by atoms with E-state index >= 15 is 0 Å². The summed E-state index contributed by atoms with van der Waals surface area (Å²) in [6.45, 7) is 8.52. The Morgan fingerprint density at radius 2 is 1.70 bits per heavy atom. The van der Waals surface area contributed by atoms with Gasteiger partial charge in [0.2, 0.25) is 0 Å². The summed E-state index contributed by atoms with van der Waals surface area (Å²) in [6.07, 6.45) is 2.86. The second-order valence-electron chi connectivity index (χ2n) is 4.59. The van der Waals surface area contributed by atoms with Crippen LogP contribution in [-0.2, 0) is 0 Å². The number of nitrogens with zero attached hydrogens (tertiary/aromatic N) is 1. The molecule has 2 aliphatic rings. The summed E-state index contributed by atoms with van der Waals surface area (Å²) in [4.78, 5) is 2.65. The first kappa shape index (κ1) is 6.66. The van der Waals surface area contributed by atoms with Gasteiger partial charge in [-0.2, -0.15) is 0 Å². The smallest absolute Gasteiger partial charge is 0.00756 e. The molecule has 0 spiro atoms. The van der Waals surface area contributed by atoms with Crippen LogP contribution in [0.15, 0.2) is 0 Å². The molecule has 0 N–H and O–H groups in total. The molecule has 2 unspecified atom stereocenters. The van der Waals surface area contributed by atoms with Crippen molar-refractivity contribution in [3.8, 4) is 0 Å². The molecule has 2 aliphatic heterocycles. The molecular weight excluding hydrogens is 122 g/mol. The summed E-state index contributed by atoms with van der Waals surface area (Å²) in [7, 11) is 0. The van der Waals surface area contributed by atoms with E-state index in [0.29, 0.717) is 5.41 Å². The topological polar surface area (TPSA) is 3.24 Å². The second-order valence-corrected chi connectivity index (χ2v) is 4.59. The molecule has 2 saturated heterocycles. The Balaban J connectivity index is 2.21. The lowest BCUT2D eigenvalue weighted by Crippen LogP contribution is -2.34. The van der Waals surface area contributed by atoms with E-state index in [1.54, 1.807) is 0 Å². The van der Waals surface area contributed by atoms with Crippen LogP contribution in [0, 0.1) is 5.41 Å². The molecular formula is C9H17N. The lowest BCUT2D eigenvalue weighted by atomic mass is 9.82. The molecule has 2 bridgehead atoms. The minimum Gasteiger partial charge on any atom is -0.297 e. The number of piperidine rings is 1. The van der Waals surface area contributed by atoms with Gasteiger partial charge in [0.05, 0.1) is 0 Å². The normalized spacial score (nSPS) is 59.7. The maximum absolute atomic E-state index is 2.65. The van der Waals surface area contributed by atoms with Gasteiger partial charge >= 0.3 is 0 Å². The quantitative estimate of drug-likeness (QED) is 0.495. The van der Waals surface area contributed by atoms with Crippen molar-refractivity contribution in [3.63, 3.8) is 0 Å². The summed E-state index contributed by atoms with van der Waals surface area (Å²) >= 11 is 0. The van der Waals surface area contributed by atoms with Gasteiger partial charge in [-0.1, -0.05) is 6.92 Å². The molecule has 0 radical (unpaired) electrons. The lowest BCUT2D eigenvalue weighted by Gasteiger charge is -2.29. The van der Waals surface area contributed by atoms with Gasteiger partial charge in [-0.05, 0) is 32.1 Å². The maximum atomic E-state index is 2.65. The lowest BCUT2D eigenvalue weighted by molar-refractivity contribution is 0.198. The van der Waals surface area contributed by atoms with Crippen LogP contribution in [0.3, 0.4) is 0 Å². The van der Waals surface area contributed by atoms with E-state index in [-0.39, 0.29) is 0 Å². The molecule has 0 aliphatic carbocycles. The molecule has 2 fully saturated rings. The van der Waals surface area contributed by atoms with Gasteiger partial charge in [-0.15, -0.1) is 0 Å². The number of hydrogen-bond acceptors (Lipinski definition) is 1. The van der Waals surface area contributed by atoms with Gasteiger partial charge in [-0.3, -0.25) is 4.90 Å². The van der Waals surface area contributed by atoms with E-state index in [1.807, 2.05) is 0 Å². The SMILES string of the molecule is C[C@@H]1CC2(C)C[C@H](C)N1C2. The molecule has 0 aromatic heterocycles. The van der Waals surface area contributed by atoms with E-state index < -0.39 is 0 Å². The van der Waals surface area contributed by atoms with Gasteiger partial charge < -0.3 is 0 Å². The molecule has 0 saturated carbocycles. The van der Waals surface area contributed by atoms with Crippen molar-refractivity contribution < 1.29 is 0 Å². The zero-order chi connectivity index (χ0) is 7.35. The van der Waals surface area contributed by atoms with Crippen molar-refractivity contribution >= 4 is 0 Å². The first-order chi connectivity index (χ1) is 4.61. The van der Waals surface area contributed by atoms with Crippen LogP contribution in [0.2, 0.25) is 0 Å². The van der Waals surface area contributed by atoms with Crippen LogP contribution in [0.1, 0.15) is 33.6 Å². The Morgan fingerprint density at radius 3 is 1.90 bits per heavy atom.